The monoisotopic (exact) mass is 215 g/mol. The van der Waals surface area contributed by atoms with Crippen molar-refractivity contribution in [2.45, 2.75) is 32.8 Å². The van der Waals surface area contributed by atoms with Gasteiger partial charge in [-0.25, -0.2) is 4.98 Å². The average Bonchev–Trinajstić information content (AvgIpc) is 2.63. The molecule has 0 amide bonds. The molecule has 1 aromatic rings. The number of rotatable bonds is 6. The number of hydrogen-bond donors (Lipinski definition) is 1. The SMILES string of the molecule is CCCc1nsc(NCC(C)OC)n1. The van der Waals surface area contributed by atoms with Crippen molar-refractivity contribution in [3.63, 3.8) is 0 Å². The molecule has 1 rings (SSSR count). The molecule has 0 saturated heterocycles. The standard InChI is InChI=1S/C9H17N3OS/c1-4-5-8-11-9(14-12-8)10-6-7(2)13-3/h7H,4-6H2,1-3H3,(H,10,11,12). The number of aromatic nitrogens is 2. The van der Waals surface area contributed by atoms with E-state index < -0.39 is 0 Å². The fourth-order valence-electron chi connectivity index (χ4n) is 0.965. The van der Waals surface area contributed by atoms with E-state index in [1.807, 2.05) is 6.92 Å². The number of aryl methyl sites for hydroxylation is 1. The van der Waals surface area contributed by atoms with Crippen LogP contribution >= 0.6 is 11.5 Å². The van der Waals surface area contributed by atoms with Gasteiger partial charge >= 0.3 is 0 Å². The molecular weight excluding hydrogens is 198 g/mol. The Balaban J connectivity index is 2.35. The van der Waals surface area contributed by atoms with Crippen molar-refractivity contribution in [1.82, 2.24) is 9.36 Å². The van der Waals surface area contributed by atoms with E-state index in [0.29, 0.717) is 0 Å². The molecule has 0 saturated carbocycles. The molecule has 0 aliphatic rings. The fourth-order valence-corrected chi connectivity index (χ4v) is 1.58. The minimum atomic E-state index is 0.202. The molecule has 1 heterocycles. The van der Waals surface area contributed by atoms with E-state index >= 15 is 0 Å². The normalized spacial score (nSPS) is 12.8. The smallest absolute Gasteiger partial charge is 0.202 e. The largest absolute Gasteiger partial charge is 0.380 e. The minimum Gasteiger partial charge on any atom is -0.380 e. The van der Waals surface area contributed by atoms with Crippen LogP contribution in [0.15, 0.2) is 0 Å². The molecule has 0 aliphatic heterocycles. The zero-order valence-electron chi connectivity index (χ0n) is 8.91. The highest BCUT2D eigenvalue weighted by atomic mass is 32.1. The van der Waals surface area contributed by atoms with Crippen LogP contribution in [0.25, 0.3) is 0 Å². The van der Waals surface area contributed by atoms with Gasteiger partial charge in [0.2, 0.25) is 5.13 Å². The number of hydrogen-bond acceptors (Lipinski definition) is 5. The first-order valence-corrected chi connectivity index (χ1v) is 5.62. The third-order valence-corrected chi connectivity index (χ3v) is 2.60. The zero-order valence-corrected chi connectivity index (χ0v) is 9.73. The Morgan fingerprint density at radius 2 is 2.36 bits per heavy atom. The highest BCUT2D eigenvalue weighted by Crippen LogP contribution is 2.11. The lowest BCUT2D eigenvalue weighted by Crippen LogP contribution is -2.17. The maximum absolute atomic E-state index is 5.12. The highest BCUT2D eigenvalue weighted by Gasteiger charge is 2.04. The summed E-state index contributed by atoms with van der Waals surface area (Å²) >= 11 is 1.41. The summed E-state index contributed by atoms with van der Waals surface area (Å²) in [5.41, 5.74) is 0. The van der Waals surface area contributed by atoms with Crippen LogP contribution in [0.4, 0.5) is 5.13 Å². The van der Waals surface area contributed by atoms with Gasteiger partial charge in [-0.1, -0.05) is 6.92 Å². The Labute approximate surface area is 88.9 Å². The Morgan fingerprint density at radius 1 is 1.57 bits per heavy atom. The lowest BCUT2D eigenvalue weighted by atomic mass is 10.3. The number of nitrogens with zero attached hydrogens (tertiary/aromatic N) is 2. The molecule has 5 heteroatoms. The van der Waals surface area contributed by atoms with Crippen molar-refractivity contribution >= 4 is 16.7 Å². The Morgan fingerprint density at radius 3 is 3.00 bits per heavy atom. The molecule has 14 heavy (non-hydrogen) atoms. The van der Waals surface area contributed by atoms with E-state index in [4.69, 9.17) is 4.74 Å². The van der Waals surface area contributed by atoms with Gasteiger partial charge in [0, 0.05) is 31.6 Å². The third kappa shape index (κ3) is 3.59. The van der Waals surface area contributed by atoms with Crippen LogP contribution in [0.2, 0.25) is 0 Å². The quantitative estimate of drug-likeness (QED) is 0.787. The summed E-state index contributed by atoms with van der Waals surface area (Å²) in [5.74, 6) is 0.935. The van der Waals surface area contributed by atoms with Gasteiger partial charge in [-0.3, -0.25) is 0 Å². The second kappa shape index (κ2) is 5.93. The molecule has 0 bridgehead atoms. The number of methoxy groups -OCH3 is 1. The first-order valence-electron chi connectivity index (χ1n) is 4.85. The summed E-state index contributed by atoms with van der Waals surface area (Å²) in [5, 5.41) is 4.08. The molecule has 0 aliphatic carbocycles. The van der Waals surface area contributed by atoms with Gasteiger partial charge in [0.05, 0.1) is 6.10 Å². The maximum atomic E-state index is 5.12. The molecule has 0 spiro atoms. The summed E-state index contributed by atoms with van der Waals surface area (Å²) in [4.78, 5) is 4.35. The van der Waals surface area contributed by atoms with Gasteiger partial charge in [0.15, 0.2) is 0 Å². The summed E-state index contributed by atoms with van der Waals surface area (Å²) in [6.45, 7) is 4.92. The van der Waals surface area contributed by atoms with Gasteiger partial charge in [-0.15, -0.1) is 0 Å². The van der Waals surface area contributed by atoms with Gasteiger partial charge in [-0.2, -0.15) is 4.37 Å². The van der Waals surface area contributed by atoms with E-state index in [0.717, 1.165) is 30.3 Å². The molecule has 1 unspecified atom stereocenters. The summed E-state index contributed by atoms with van der Waals surface area (Å²) in [6.07, 6.45) is 2.25. The van der Waals surface area contributed by atoms with Crippen molar-refractivity contribution in [3.05, 3.63) is 5.82 Å². The number of anilines is 1. The molecular formula is C9H17N3OS. The van der Waals surface area contributed by atoms with Crippen LogP contribution in [0.1, 0.15) is 26.1 Å². The van der Waals surface area contributed by atoms with Crippen molar-refractivity contribution < 1.29 is 4.74 Å². The van der Waals surface area contributed by atoms with Crippen LogP contribution < -0.4 is 5.32 Å². The van der Waals surface area contributed by atoms with Crippen LogP contribution in [0.3, 0.4) is 0 Å². The molecule has 0 fully saturated rings. The lowest BCUT2D eigenvalue weighted by Gasteiger charge is -2.08. The minimum absolute atomic E-state index is 0.202. The van der Waals surface area contributed by atoms with E-state index in [1.165, 1.54) is 11.5 Å². The predicted molar refractivity (Wildman–Crippen MR) is 58.9 cm³/mol. The Bertz CT molecular complexity index is 264. The molecule has 1 N–H and O–H groups in total. The number of nitrogens with one attached hydrogen (secondary N) is 1. The lowest BCUT2D eigenvalue weighted by molar-refractivity contribution is 0.129. The number of ether oxygens (including phenoxy) is 1. The first kappa shape index (κ1) is 11.4. The van der Waals surface area contributed by atoms with Gasteiger partial charge < -0.3 is 10.1 Å². The second-order valence-electron chi connectivity index (χ2n) is 3.19. The van der Waals surface area contributed by atoms with Crippen molar-refractivity contribution in [2.75, 3.05) is 19.0 Å². The first-order chi connectivity index (χ1) is 6.76. The van der Waals surface area contributed by atoms with E-state index in [-0.39, 0.29) is 6.10 Å². The molecule has 1 atom stereocenters. The van der Waals surface area contributed by atoms with Crippen molar-refractivity contribution in [2.24, 2.45) is 0 Å². The predicted octanol–water partition coefficient (Wildman–Crippen LogP) is 1.94. The van der Waals surface area contributed by atoms with Gasteiger partial charge in [-0.05, 0) is 13.3 Å². The molecule has 4 nitrogen and oxygen atoms in total. The van der Waals surface area contributed by atoms with E-state index in [2.05, 4.69) is 21.6 Å². The van der Waals surface area contributed by atoms with E-state index in [9.17, 15) is 0 Å². The summed E-state index contributed by atoms with van der Waals surface area (Å²) < 4.78 is 9.36. The van der Waals surface area contributed by atoms with Gasteiger partial charge in [0.25, 0.3) is 0 Å². The summed E-state index contributed by atoms with van der Waals surface area (Å²) in [6, 6.07) is 0. The molecule has 80 valence electrons. The molecule has 1 aromatic heterocycles. The highest BCUT2D eigenvalue weighted by molar-refractivity contribution is 7.09. The Kier molecular flexibility index (Phi) is 4.82. The van der Waals surface area contributed by atoms with E-state index in [1.54, 1.807) is 7.11 Å². The second-order valence-corrected chi connectivity index (χ2v) is 3.94. The third-order valence-electron chi connectivity index (χ3n) is 1.88. The average molecular weight is 215 g/mol. The fraction of sp³-hybridized carbons (Fsp3) is 0.778. The van der Waals surface area contributed by atoms with Crippen molar-refractivity contribution in [1.29, 1.82) is 0 Å². The van der Waals surface area contributed by atoms with Crippen molar-refractivity contribution in [3.8, 4) is 0 Å². The zero-order chi connectivity index (χ0) is 10.4. The summed E-state index contributed by atoms with van der Waals surface area (Å²) in [7, 11) is 1.70. The van der Waals surface area contributed by atoms with Crippen LogP contribution in [0, 0.1) is 0 Å². The maximum Gasteiger partial charge on any atom is 0.202 e. The Hall–Kier alpha value is -0.680. The topological polar surface area (TPSA) is 47.0 Å². The van der Waals surface area contributed by atoms with Crippen LogP contribution in [-0.4, -0.2) is 29.1 Å². The molecule has 0 aromatic carbocycles. The van der Waals surface area contributed by atoms with Gasteiger partial charge in [0.1, 0.15) is 5.82 Å². The van der Waals surface area contributed by atoms with Crippen LogP contribution in [-0.2, 0) is 11.2 Å². The van der Waals surface area contributed by atoms with Crippen LogP contribution in [0.5, 0.6) is 0 Å². The molecule has 0 radical (unpaired) electrons.